The molecule has 3 rings (SSSR count). The molecule has 1 aliphatic heterocycles. The molecule has 0 radical (unpaired) electrons. The summed E-state index contributed by atoms with van der Waals surface area (Å²) in [6.07, 6.45) is 0. The fourth-order valence-electron chi connectivity index (χ4n) is 3.45. The molecule has 0 aromatic heterocycles. The Bertz CT molecular complexity index is 787. The van der Waals surface area contributed by atoms with E-state index in [1.807, 2.05) is 30.3 Å². The highest BCUT2D eigenvalue weighted by Gasteiger charge is 2.24. The molecule has 0 unspecified atom stereocenters. The fourth-order valence-corrected chi connectivity index (χ4v) is 3.45. The second-order valence-electron chi connectivity index (χ2n) is 7.21. The first-order valence-corrected chi connectivity index (χ1v) is 9.97. The topological polar surface area (TPSA) is 73.5 Å². The largest absolute Gasteiger partial charge is 0.488 e. The molecular formula is C22H29N3O4+2. The number of para-hydroxylation sites is 1. The van der Waals surface area contributed by atoms with Crippen molar-refractivity contribution in [1.29, 1.82) is 0 Å². The van der Waals surface area contributed by atoms with E-state index in [0.717, 1.165) is 38.5 Å². The highest BCUT2D eigenvalue weighted by Crippen LogP contribution is 2.10. The number of ether oxygens (including phenoxy) is 2. The minimum absolute atomic E-state index is 0.0123. The van der Waals surface area contributed by atoms with Crippen molar-refractivity contribution >= 4 is 17.6 Å². The summed E-state index contributed by atoms with van der Waals surface area (Å²) in [5.41, 5.74) is 1.15. The summed E-state index contributed by atoms with van der Waals surface area (Å²) < 4.78 is 10.5. The van der Waals surface area contributed by atoms with E-state index in [9.17, 15) is 9.59 Å². The van der Waals surface area contributed by atoms with Crippen molar-refractivity contribution in [3.8, 4) is 5.75 Å². The van der Waals surface area contributed by atoms with E-state index in [1.54, 1.807) is 24.3 Å². The molecule has 7 nitrogen and oxygen atoms in total. The van der Waals surface area contributed by atoms with Crippen molar-refractivity contribution in [2.45, 2.75) is 0 Å². The van der Waals surface area contributed by atoms with Crippen molar-refractivity contribution in [1.82, 2.24) is 0 Å². The number of rotatable bonds is 8. The Labute approximate surface area is 171 Å². The molecule has 2 aromatic rings. The normalized spacial score (nSPS) is 18.7. The number of carbonyl (C=O) groups is 2. The molecule has 29 heavy (non-hydrogen) atoms. The predicted octanol–water partition coefficient (Wildman–Crippen LogP) is -0.726. The van der Waals surface area contributed by atoms with Gasteiger partial charge in [-0.25, -0.2) is 4.79 Å². The number of hydrogen-bond acceptors (Lipinski definition) is 4. The van der Waals surface area contributed by atoms with E-state index < -0.39 is 0 Å². The van der Waals surface area contributed by atoms with Gasteiger partial charge in [-0.15, -0.1) is 0 Å². The van der Waals surface area contributed by atoms with E-state index in [-0.39, 0.29) is 11.9 Å². The molecule has 1 saturated heterocycles. The van der Waals surface area contributed by atoms with Crippen molar-refractivity contribution in [3.05, 3.63) is 60.2 Å². The molecule has 1 heterocycles. The lowest BCUT2D eigenvalue weighted by Crippen LogP contribution is -3.28. The first-order valence-electron chi connectivity index (χ1n) is 9.97. The van der Waals surface area contributed by atoms with Gasteiger partial charge in [-0.2, -0.15) is 0 Å². The van der Waals surface area contributed by atoms with Gasteiger partial charge in [-0.3, -0.25) is 4.79 Å². The van der Waals surface area contributed by atoms with Gasteiger partial charge in [0, 0.05) is 5.69 Å². The average Bonchev–Trinajstić information content (AvgIpc) is 2.75. The molecule has 1 aliphatic rings. The maximum atomic E-state index is 12.3. The second kappa shape index (κ2) is 10.6. The van der Waals surface area contributed by atoms with E-state index >= 15 is 0 Å². The molecule has 2 aromatic carbocycles. The van der Waals surface area contributed by atoms with Gasteiger partial charge < -0.3 is 24.6 Å². The van der Waals surface area contributed by atoms with Gasteiger partial charge in [0.15, 0.2) is 6.54 Å². The number of quaternary nitrogens is 2. The van der Waals surface area contributed by atoms with Crippen molar-refractivity contribution in [2.24, 2.45) is 0 Å². The van der Waals surface area contributed by atoms with Gasteiger partial charge in [0.05, 0.1) is 12.7 Å². The van der Waals surface area contributed by atoms with Gasteiger partial charge in [0.2, 0.25) is 0 Å². The lowest BCUT2D eigenvalue weighted by atomic mass is 10.2. The molecule has 0 saturated carbocycles. The Morgan fingerprint density at radius 1 is 0.931 bits per heavy atom. The van der Waals surface area contributed by atoms with Crippen LogP contribution in [0, 0.1) is 0 Å². The predicted molar refractivity (Wildman–Crippen MR) is 109 cm³/mol. The van der Waals surface area contributed by atoms with E-state index in [0.29, 0.717) is 24.4 Å². The zero-order valence-corrected chi connectivity index (χ0v) is 16.8. The van der Waals surface area contributed by atoms with E-state index in [2.05, 4.69) is 10.1 Å². The molecule has 0 bridgehead atoms. The van der Waals surface area contributed by atoms with Crippen LogP contribution < -0.4 is 19.9 Å². The van der Waals surface area contributed by atoms with Gasteiger partial charge in [0.25, 0.3) is 5.91 Å². The van der Waals surface area contributed by atoms with Gasteiger partial charge in [0.1, 0.15) is 45.1 Å². The zero-order valence-electron chi connectivity index (χ0n) is 16.8. The summed E-state index contributed by atoms with van der Waals surface area (Å²) in [6.45, 7) is 6.14. The Morgan fingerprint density at radius 3 is 2.24 bits per heavy atom. The first kappa shape index (κ1) is 20.8. The van der Waals surface area contributed by atoms with E-state index in [1.165, 1.54) is 16.9 Å². The zero-order chi connectivity index (χ0) is 20.5. The smallest absolute Gasteiger partial charge is 0.337 e. The molecule has 7 heteroatoms. The number of nitrogens with one attached hydrogen (secondary N) is 3. The third kappa shape index (κ3) is 6.58. The number of anilines is 1. The molecule has 3 N–H and O–H groups in total. The van der Waals surface area contributed by atoms with Gasteiger partial charge >= 0.3 is 5.97 Å². The first-order chi connectivity index (χ1) is 14.1. The summed E-state index contributed by atoms with van der Waals surface area (Å²) >= 11 is 0. The van der Waals surface area contributed by atoms with Crippen LogP contribution in [0.1, 0.15) is 10.4 Å². The highest BCUT2D eigenvalue weighted by atomic mass is 16.5. The van der Waals surface area contributed by atoms with Crippen molar-refractivity contribution < 1.29 is 28.9 Å². The van der Waals surface area contributed by atoms with Gasteiger partial charge in [-0.1, -0.05) is 18.2 Å². The highest BCUT2D eigenvalue weighted by molar-refractivity contribution is 5.93. The molecule has 0 spiro atoms. The third-order valence-electron chi connectivity index (χ3n) is 5.13. The fraction of sp³-hybridized carbons (Fsp3) is 0.364. The quantitative estimate of drug-likeness (QED) is 0.512. The molecule has 1 fully saturated rings. The minimum Gasteiger partial charge on any atom is -0.488 e. The summed E-state index contributed by atoms with van der Waals surface area (Å²) in [7, 11) is 1.35. The summed E-state index contributed by atoms with van der Waals surface area (Å²) in [5, 5.41) is 2.90. The molecular weight excluding hydrogens is 370 g/mol. The SMILES string of the molecule is COC(=O)c1ccc(NC(=O)C[NH+]2CC[NH+](CCOc3ccccc3)CC2)cc1. The Hall–Kier alpha value is -2.90. The Morgan fingerprint density at radius 2 is 1.59 bits per heavy atom. The van der Waals surface area contributed by atoms with Crippen molar-refractivity contribution in [2.75, 3.05) is 58.3 Å². The number of piperazine rings is 1. The number of carbonyl (C=O) groups excluding carboxylic acids is 2. The van der Waals surface area contributed by atoms with Crippen LogP contribution in [0.3, 0.4) is 0 Å². The number of esters is 1. The lowest BCUT2D eigenvalue weighted by molar-refractivity contribution is -1.01. The average molecular weight is 399 g/mol. The standard InChI is InChI=1S/C22H27N3O4/c1-28-22(27)18-7-9-19(10-8-18)23-21(26)17-25-13-11-24(12-14-25)15-16-29-20-5-3-2-4-6-20/h2-10H,11-17H2,1H3,(H,23,26)/p+2. The van der Waals surface area contributed by atoms with E-state index in [4.69, 9.17) is 4.74 Å². The van der Waals surface area contributed by atoms with Gasteiger partial charge in [-0.05, 0) is 36.4 Å². The number of benzene rings is 2. The Kier molecular flexibility index (Phi) is 7.61. The summed E-state index contributed by atoms with van der Waals surface area (Å²) in [5.74, 6) is 0.510. The number of methoxy groups -OCH3 is 1. The monoisotopic (exact) mass is 399 g/mol. The third-order valence-corrected chi connectivity index (χ3v) is 5.13. The lowest BCUT2D eigenvalue weighted by Gasteiger charge is -2.29. The Balaban J connectivity index is 1.34. The second-order valence-corrected chi connectivity index (χ2v) is 7.21. The maximum Gasteiger partial charge on any atom is 0.337 e. The number of hydrogen-bond donors (Lipinski definition) is 3. The summed E-state index contributed by atoms with van der Waals surface area (Å²) in [4.78, 5) is 26.6. The van der Waals surface area contributed by atoms with Crippen LogP contribution in [0.15, 0.2) is 54.6 Å². The molecule has 0 atom stereocenters. The van der Waals surface area contributed by atoms with Crippen LogP contribution in [-0.2, 0) is 9.53 Å². The molecule has 0 aliphatic carbocycles. The minimum atomic E-state index is -0.387. The van der Waals surface area contributed by atoms with Crippen LogP contribution in [0.5, 0.6) is 5.75 Å². The molecule has 154 valence electrons. The van der Waals surface area contributed by atoms with Crippen LogP contribution in [0.4, 0.5) is 5.69 Å². The van der Waals surface area contributed by atoms with Crippen LogP contribution >= 0.6 is 0 Å². The van der Waals surface area contributed by atoms with Crippen LogP contribution in [0.25, 0.3) is 0 Å². The van der Waals surface area contributed by atoms with Crippen LogP contribution in [0.2, 0.25) is 0 Å². The summed E-state index contributed by atoms with van der Waals surface area (Å²) in [6, 6.07) is 16.6. The molecule has 1 amide bonds. The van der Waals surface area contributed by atoms with Crippen molar-refractivity contribution in [3.63, 3.8) is 0 Å². The van der Waals surface area contributed by atoms with Crippen LogP contribution in [-0.4, -0.2) is 64.9 Å². The maximum absolute atomic E-state index is 12.3. The number of amides is 1.